The quantitative estimate of drug-likeness (QED) is 0.649. The van der Waals surface area contributed by atoms with Crippen molar-refractivity contribution in [2.75, 3.05) is 0 Å². The minimum absolute atomic E-state index is 0.0828. The summed E-state index contributed by atoms with van der Waals surface area (Å²) in [5.74, 6) is 3.87. The summed E-state index contributed by atoms with van der Waals surface area (Å²) >= 11 is -3.43. The van der Waals surface area contributed by atoms with E-state index < -0.39 is 13.3 Å². The van der Waals surface area contributed by atoms with E-state index in [4.69, 9.17) is 0 Å². The average Bonchev–Trinajstić information content (AvgIpc) is 2.44. The zero-order chi connectivity index (χ0) is 19.1. The first-order valence-corrected chi connectivity index (χ1v) is 15.0. The molecule has 2 nitrogen and oxygen atoms in total. The van der Waals surface area contributed by atoms with Crippen LogP contribution in [0.3, 0.4) is 0 Å². The molecule has 0 saturated heterocycles. The van der Waals surface area contributed by atoms with E-state index in [9.17, 15) is 9.59 Å². The molecule has 0 atom stereocenters. The first-order chi connectivity index (χ1) is 11.5. The Morgan fingerprint density at radius 2 is 0.840 bits per heavy atom. The second kappa shape index (κ2) is 6.91. The summed E-state index contributed by atoms with van der Waals surface area (Å²) in [6, 6.07) is 8.13. The van der Waals surface area contributed by atoms with Crippen molar-refractivity contribution >= 4 is 22.5 Å². The maximum atomic E-state index is 13.4. The van der Waals surface area contributed by atoms with Crippen molar-refractivity contribution in [3.05, 3.63) is 68.8 Å². The van der Waals surface area contributed by atoms with Crippen molar-refractivity contribution in [2.45, 2.75) is 53.1 Å². The Bertz CT molecular complexity index is 758. The summed E-state index contributed by atoms with van der Waals surface area (Å²) in [4.78, 5) is 26.8. The zero-order valence-electron chi connectivity index (χ0n) is 16.6. The van der Waals surface area contributed by atoms with Crippen LogP contribution >= 0.6 is 0 Å². The summed E-state index contributed by atoms with van der Waals surface area (Å²) in [6.45, 7) is 11.9. The zero-order valence-corrected chi connectivity index (χ0v) is 18.7. The Balaban J connectivity index is 2.56. The molecule has 0 N–H and O–H groups in total. The summed E-state index contributed by atoms with van der Waals surface area (Å²) in [6.07, 6.45) is 0. The van der Waals surface area contributed by atoms with E-state index >= 15 is 0 Å². The molecular formula is C22H28GeO2. The Morgan fingerprint density at radius 3 is 1.08 bits per heavy atom. The predicted molar refractivity (Wildman–Crippen MR) is 107 cm³/mol. The fraction of sp³-hybridized carbons (Fsp3) is 0.364. The molecule has 0 aromatic heterocycles. The fourth-order valence-corrected chi connectivity index (χ4v) is 8.51. The topological polar surface area (TPSA) is 34.1 Å². The van der Waals surface area contributed by atoms with Crippen LogP contribution in [-0.4, -0.2) is 22.5 Å². The van der Waals surface area contributed by atoms with E-state index in [1.807, 2.05) is 77.3 Å². The van der Waals surface area contributed by atoms with E-state index in [-0.39, 0.29) is 9.23 Å². The molecule has 0 saturated carbocycles. The van der Waals surface area contributed by atoms with Gasteiger partial charge in [-0.2, -0.15) is 0 Å². The minimum atomic E-state index is -3.43. The van der Waals surface area contributed by atoms with Crippen LogP contribution in [-0.2, 0) is 0 Å². The van der Waals surface area contributed by atoms with Crippen LogP contribution in [0.15, 0.2) is 24.3 Å². The number of hydrogen-bond donors (Lipinski definition) is 0. The van der Waals surface area contributed by atoms with Crippen LogP contribution in [0.2, 0.25) is 11.5 Å². The van der Waals surface area contributed by atoms with E-state index in [0.717, 1.165) is 44.5 Å². The van der Waals surface area contributed by atoms with E-state index in [0.29, 0.717) is 0 Å². The van der Waals surface area contributed by atoms with Crippen LogP contribution in [0.25, 0.3) is 0 Å². The van der Waals surface area contributed by atoms with Crippen molar-refractivity contribution in [2.24, 2.45) is 0 Å². The number of aryl methyl sites for hydroxylation is 6. The number of benzene rings is 2. The molecule has 0 aliphatic carbocycles. The van der Waals surface area contributed by atoms with E-state index in [2.05, 4.69) is 0 Å². The molecule has 0 amide bonds. The van der Waals surface area contributed by atoms with E-state index in [1.165, 1.54) is 0 Å². The molecule has 25 heavy (non-hydrogen) atoms. The molecule has 0 bridgehead atoms. The van der Waals surface area contributed by atoms with Gasteiger partial charge in [0.15, 0.2) is 0 Å². The second-order valence-electron chi connectivity index (χ2n) is 7.83. The summed E-state index contributed by atoms with van der Waals surface area (Å²) in [5.41, 5.74) is 7.72. The van der Waals surface area contributed by atoms with Crippen molar-refractivity contribution in [3.63, 3.8) is 0 Å². The average molecular weight is 397 g/mol. The standard InChI is InChI=1S/C22H28GeO2/c1-13-9-15(3)19(16(4)10-13)21(24)23(7,8)22(25)20-17(5)11-14(2)12-18(20)6/h9-12H,1-8H3. The third-order valence-electron chi connectivity index (χ3n) is 4.94. The van der Waals surface area contributed by atoms with Crippen molar-refractivity contribution in [3.8, 4) is 0 Å². The van der Waals surface area contributed by atoms with Gasteiger partial charge in [-0.3, -0.25) is 0 Å². The van der Waals surface area contributed by atoms with Crippen LogP contribution in [0, 0.1) is 41.5 Å². The van der Waals surface area contributed by atoms with Crippen LogP contribution < -0.4 is 0 Å². The first kappa shape index (κ1) is 19.6. The SMILES string of the molecule is Cc1cc(C)c([C](=O)[Ge]([CH3])([CH3])[C](=O)c2c(C)cc(C)cc2C)c(C)c1. The summed E-state index contributed by atoms with van der Waals surface area (Å²) in [5, 5.41) is 0. The van der Waals surface area contributed by atoms with Gasteiger partial charge in [-0.25, -0.2) is 0 Å². The van der Waals surface area contributed by atoms with Crippen molar-refractivity contribution in [1.82, 2.24) is 0 Å². The fourth-order valence-electron chi connectivity index (χ4n) is 3.80. The Kier molecular flexibility index (Phi) is 5.43. The van der Waals surface area contributed by atoms with Crippen LogP contribution in [0.5, 0.6) is 0 Å². The van der Waals surface area contributed by atoms with Crippen molar-refractivity contribution in [1.29, 1.82) is 0 Å². The molecule has 2 aromatic carbocycles. The summed E-state index contributed by atoms with van der Waals surface area (Å²) in [7, 11) is 0. The molecule has 0 unspecified atom stereocenters. The van der Waals surface area contributed by atoms with Gasteiger partial charge in [-0.1, -0.05) is 0 Å². The Hall–Kier alpha value is -1.68. The normalized spacial score (nSPS) is 11.5. The number of hydrogen-bond acceptors (Lipinski definition) is 2. The van der Waals surface area contributed by atoms with Gasteiger partial charge in [0.25, 0.3) is 0 Å². The van der Waals surface area contributed by atoms with Crippen LogP contribution in [0.4, 0.5) is 0 Å². The van der Waals surface area contributed by atoms with Crippen molar-refractivity contribution < 1.29 is 9.59 Å². The number of carbonyl (C=O) groups is 2. The molecule has 0 radical (unpaired) electrons. The Morgan fingerprint density at radius 1 is 0.600 bits per heavy atom. The first-order valence-electron chi connectivity index (χ1n) is 8.72. The van der Waals surface area contributed by atoms with Gasteiger partial charge in [0.2, 0.25) is 0 Å². The van der Waals surface area contributed by atoms with E-state index in [1.54, 1.807) is 0 Å². The molecular weight excluding hydrogens is 369 g/mol. The number of rotatable bonds is 4. The third kappa shape index (κ3) is 3.64. The van der Waals surface area contributed by atoms with Gasteiger partial charge in [-0.05, 0) is 0 Å². The molecule has 132 valence electrons. The molecule has 3 heteroatoms. The Labute approximate surface area is 154 Å². The molecule has 0 heterocycles. The monoisotopic (exact) mass is 398 g/mol. The molecule has 0 fully saturated rings. The molecule has 0 aliphatic heterocycles. The molecule has 2 rings (SSSR count). The van der Waals surface area contributed by atoms with Crippen LogP contribution in [0.1, 0.15) is 54.1 Å². The van der Waals surface area contributed by atoms with Gasteiger partial charge >= 0.3 is 154 Å². The van der Waals surface area contributed by atoms with Gasteiger partial charge in [-0.15, -0.1) is 0 Å². The second-order valence-corrected chi connectivity index (χ2v) is 16.6. The molecule has 0 spiro atoms. The third-order valence-corrected chi connectivity index (χ3v) is 10.8. The summed E-state index contributed by atoms with van der Waals surface area (Å²) < 4.78 is 0.166. The maximum absolute atomic E-state index is 13.4. The molecule has 0 aliphatic rings. The van der Waals surface area contributed by atoms with Gasteiger partial charge in [0.1, 0.15) is 0 Å². The molecule has 2 aromatic rings. The van der Waals surface area contributed by atoms with Gasteiger partial charge in [0.05, 0.1) is 0 Å². The predicted octanol–water partition coefficient (Wildman–Crippen LogP) is 5.39. The number of carbonyl (C=O) groups excluding carboxylic acids is 2. The van der Waals surface area contributed by atoms with Gasteiger partial charge in [0, 0.05) is 0 Å². The van der Waals surface area contributed by atoms with Gasteiger partial charge < -0.3 is 0 Å².